The number of rotatable bonds is 4. The molecule has 2 aromatic heterocycles. The Bertz CT molecular complexity index is 1150. The van der Waals surface area contributed by atoms with Gasteiger partial charge in [0.2, 0.25) is 0 Å². The van der Waals surface area contributed by atoms with Crippen LogP contribution in [0.4, 0.5) is 5.69 Å². The number of carbonyl (C=O) groups excluding carboxylic acids is 2. The minimum atomic E-state index is -0.395. The lowest BCUT2D eigenvalue weighted by Gasteiger charge is -2.24. The van der Waals surface area contributed by atoms with Crippen LogP contribution >= 0.6 is 39.1 Å². The highest BCUT2D eigenvalue weighted by Gasteiger charge is 2.27. The molecule has 0 unspecified atom stereocenters. The summed E-state index contributed by atoms with van der Waals surface area (Å²) in [5.74, 6) is -0.343. The minimum absolute atomic E-state index is 0.225. The second-order valence-electron chi connectivity index (χ2n) is 6.76. The van der Waals surface area contributed by atoms with Crippen LogP contribution < -0.4 is 4.90 Å². The van der Waals surface area contributed by atoms with Crippen molar-refractivity contribution in [3.8, 4) is 5.82 Å². The lowest BCUT2D eigenvalue weighted by molar-refractivity contribution is 0.0828. The fraction of sp³-hybridized carbons (Fsp3) is 0.200. The lowest BCUT2D eigenvalue weighted by atomic mass is 10.1. The number of anilines is 1. The molecule has 0 saturated carbocycles. The summed E-state index contributed by atoms with van der Waals surface area (Å²) in [6.45, 7) is 1.79. The minimum Gasteiger partial charge on any atom is -0.345 e. The SMILES string of the molecule is Cc1cc(Cl)cc(C(=O)N(C)C)c1N(C)C(=O)c1cc(Br)nn1-c1ncccc1Cl. The third-order valence-corrected chi connectivity index (χ3v) is 5.28. The van der Waals surface area contributed by atoms with Gasteiger partial charge in [0, 0.05) is 38.4 Å². The Kier molecular flexibility index (Phi) is 6.50. The zero-order valence-corrected chi connectivity index (χ0v) is 19.7. The molecule has 30 heavy (non-hydrogen) atoms. The predicted octanol–water partition coefficient (Wildman–Crippen LogP) is 4.62. The molecule has 10 heteroatoms. The first-order valence-electron chi connectivity index (χ1n) is 8.78. The Hall–Kier alpha value is -2.42. The van der Waals surface area contributed by atoms with Crippen LogP contribution in [0, 0.1) is 6.92 Å². The van der Waals surface area contributed by atoms with Crippen LogP contribution in [0.3, 0.4) is 0 Å². The van der Waals surface area contributed by atoms with Crippen LogP contribution in [0.15, 0.2) is 41.1 Å². The predicted molar refractivity (Wildman–Crippen MR) is 121 cm³/mol. The van der Waals surface area contributed by atoms with Gasteiger partial charge < -0.3 is 9.80 Å². The summed E-state index contributed by atoms with van der Waals surface area (Å²) in [5.41, 5.74) is 1.69. The Morgan fingerprint density at radius 3 is 2.43 bits per heavy atom. The van der Waals surface area contributed by atoms with Gasteiger partial charge in [-0.05, 0) is 52.7 Å². The molecule has 2 amide bonds. The molecular weight excluding hydrogens is 493 g/mol. The van der Waals surface area contributed by atoms with Crippen molar-refractivity contribution in [1.82, 2.24) is 19.7 Å². The number of hydrogen-bond donors (Lipinski definition) is 0. The number of carbonyl (C=O) groups is 2. The maximum Gasteiger partial charge on any atom is 0.276 e. The summed E-state index contributed by atoms with van der Waals surface area (Å²) in [5, 5.41) is 5.06. The number of halogens is 3. The second-order valence-corrected chi connectivity index (χ2v) is 8.41. The molecule has 0 spiro atoms. The van der Waals surface area contributed by atoms with Gasteiger partial charge in [0.05, 0.1) is 16.3 Å². The van der Waals surface area contributed by atoms with E-state index in [4.69, 9.17) is 23.2 Å². The molecule has 0 aliphatic heterocycles. The maximum atomic E-state index is 13.5. The van der Waals surface area contributed by atoms with Crippen molar-refractivity contribution in [2.24, 2.45) is 0 Å². The van der Waals surface area contributed by atoms with E-state index in [1.54, 1.807) is 64.6 Å². The van der Waals surface area contributed by atoms with Gasteiger partial charge in [0.1, 0.15) is 10.3 Å². The molecule has 0 bridgehead atoms. The first kappa shape index (κ1) is 22.3. The van der Waals surface area contributed by atoms with Crippen molar-refractivity contribution >= 4 is 56.6 Å². The van der Waals surface area contributed by atoms with Gasteiger partial charge in [-0.15, -0.1) is 0 Å². The quantitative estimate of drug-likeness (QED) is 0.513. The number of aryl methyl sites for hydroxylation is 1. The third-order valence-electron chi connectivity index (χ3n) is 4.38. The van der Waals surface area contributed by atoms with Crippen molar-refractivity contribution in [2.75, 3.05) is 26.0 Å². The molecule has 1 aromatic carbocycles. The second kappa shape index (κ2) is 8.75. The third kappa shape index (κ3) is 4.21. The van der Waals surface area contributed by atoms with Gasteiger partial charge in [0.25, 0.3) is 11.8 Å². The van der Waals surface area contributed by atoms with E-state index in [0.717, 1.165) is 0 Å². The van der Waals surface area contributed by atoms with E-state index in [9.17, 15) is 9.59 Å². The highest BCUT2D eigenvalue weighted by molar-refractivity contribution is 9.10. The molecule has 156 valence electrons. The van der Waals surface area contributed by atoms with Gasteiger partial charge in [-0.1, -0.05) is 23.2 Å². The number of pyridine rings is 1. The number of hydrogen-bond acceptors (Lipinski definition) is 4. The average Bonchev–Trinajstić information content (AvgIpc) is 3.07. The average molecular weight is 511 g/mol. The van der Waals surface area contributed by atoms with E-state index in [1.807, 2.05) is 0 Å². The molecule has 2 heterocycles. The summed E-state index contributed by atoms with van der Waals surface area (Å²) < 4.78 is 1.81. The standard InChI is InChI=1S/C20H18BrCl2N5O2/c1-11-8-12(22)9-13(19(29)26(2)3)17(11)27(4)20(30)15-10-16(21)25-28(15)18-14(23)6-5-7-24-18/h5-10H,1-4H3. The van der Waals surface area contributed by atoms with E-state index < -0.39 is 5.91 Å². The molecule has 7 nitrogen and oxygen atoms in total. The van der Waals surface area contributed by atoms with Crippen LogP contribution in [0.2, 0.25) is 10.0 Å². The van der Waals surface area contributed by atoms with Crippen LogP contribution in [0.25, 0.3) is 5.82 Å². The Balaban J connectivity index is 2.13. The van der Waals surface area contributed by atoms with Crippen LogP contribution in [-0.4, -0.2) is 52.6 Å². The highest BCUT2D eigenvalue weighted by Crippen LogP contribution is 2.31. The van der Waals surface area contributed by atoms with E-state index in [2.05, 4.69) is 26.0 Å². The molecule has 0 N–H and O–H groups in total. The number of aromatic nitrogens is 3. The molecule has 0 aliphatic rings. The van der Waals surface area contributed by atoms with E-state index in [1.165, 1.54) is 14.5 Å². The largest absolute Gasteiger partial charge is 0.345 e. The van der Waals surface area contributed by atoms with Crippen molar-refractivity contribution in [3.05, 3.63) is 68.0 Å². The normalized spacial score (nSPS) is 10.8. The highest BCUT2D eigenvalue weighted by atomic mass is 79.9. The van der Waals surface area contributed by atoms with Gasteiger partial charge in [-0.2, -0.15) is 5.10 Å². The Morgan fingerprint density at radius 2 is 1.80 bits per heavy atom. The fourth-order valence-electron chi connectivity index (χ4n) is 3.06. The van der Waals surface area contributed by atoms with E-state index in [-0.39, 0.29) is 11.6 Å². The smallest absolute Gasteiger partial charge is 0.276 e. The Morgan fingerprint density at radius 1 is 1.10 bits per heavy atom. The summed E-state index contributed by atoms with van der Waals surface area (Å²) >= 11 is 15.7. The van der Waals surface area contributed by atoms with Crippen molar-refractivity contribution < 1.29 is 9.59 Å². The molecule has 0 atom stereocenters. The monoisotopic (exact) mass is 509 g/mol. The number of benzene rings is 1. The summed E-state index contributed by atoms with van der Waals surface area (Å²) in [4.78, 5) is 33.3. The molecule has 3 rings (SSSR count). The van der Waals surface area contributed by atoms with E-state index >= 15 is 0 Å². The number of amides is 2. The van der Waals surface area contributed by atoms with Gasteiger partial charge in [-0.3, -0.25) is 9.59 Å². The molecular formula is C20H18BrCl2N5O2. The molecule has 0 aliphatic carbocycles. The zero-order chi connectivity index (χ0) is 22.2. The van der Waals surface area contributed by atoms with Crippen molar-refractivity contribution in [1.29, 1.82) is 0 Å². The summed E-state index contributed by atoms with van der Waals surface area (Å²) in [6.07, 6.45) is 1.56. The van der Waals surface area contributed by atoms with Crippen LogP contribution in [0.1, 0.15) is 26.4 Å². The van der Waals surface area contributed by atoms with Crippen LogP contribution in [0.5, 0.6) is 0 Å². The van der Waals surface area contributed by atoms with Crippen molar-refractivity contribution in [2.45, 2.75) is 6.92 Å². The van der Waals surface area contributed by atoms with E-state index in [0.29, 0.717) is 37.3 Å². The maximum absolute atomic E-state index is 13.5. The molecule has 0 radical (unpaired) electrons. The van der Waals surface area contributed by atoms with Crippen molar-refractivity contribution in [3.63, 3.8) is 0 Å². The lowest BCUT2D eigenvalue weighted by Crippen LogP contribution is -2.32. The first-order chi connectivity index (χ1) is 14.1. The topological polar surface area (TPSA) is 71.3 Å². The molecule has 0 saturated heterocycles. The number of nitrogens with zero attached hydrogens (tertiary/aromatic N) is 5. The summed E-state index contributed by atoms with van der Waals surface area (Å²) in [6, 6.07) is 8.18. The van der Waals surface area contributed by atoms with Gasteiger partial charge in [0.15, 0.2) is 5.82 Å². The Labute approximate surface area is 192 Å². The zero-order valence-electron chi connectivity index (χ0n) is 16.7. The fourth-order valence-corrected chi connectivity index (χ4v) is 3.91. The van der Waals surface area contributed by atoms with Crippen LogP contribution in [-0.2, 0) is 0 Å². The van der Waals surface area contributed by atoms with Gasteiger partial charge >= 0.3 is 0 Å². The summed E-state index contributed by atoms with van der Waals surface area (Å²) in [7, 11) is 4.87. The van der Waals surface area contributed by atoms with Gasteiger partial charge in [-0.25, -0.2) is 9.67 Å². The molecule has 3 aromatic rings. The first-order valence-corrected chi connectivity index (χ1v) is 10.3. The molecule has 0 fully saturated rings.